The molecule has 0 aromatic heterocycles. The lowest BCUT2D eigenvalue weighted by atomic mass is 10.1. The molecule has 98 valence electrons. The molecule has 2 N–H and O–H groups in total. The average Bonchev–Trinajstić information content (AvgIpc) is 2.80. The van der Waals surface area contributed by atoms with E-state index in [1.165, 1.54) is 0 Å². The topological polar surface area (TPSA) is 67.4 Å². The van der Waals surface area contributed by atoms with Gasteiger partial charge in [-0.3, -0.25) is 9.59 Å². The third-order valence-corrected chi connectivity index (χ3v) is 2.85. The van der Waals surface area contributed by atoms with Gasteiger partial charge in [0.2, 0.25) is 5.91 Å². The van der Waals surface area contributed by atoms with E-state index in [2.05, 4.69) is 10.6 Å². The highest BCUT2D eigenvalue weighted by Gasteiger charge is 2.22. The fraction of sp³-hybridized carbons (Fsp3) is 0.833. The molecule has 0 radical (unpaired) electrons. The number of carbonyl (C=O) groups excluding carboxylic acids is 2. The Morgan fingerprint density at radius 3 is 2.88 bits per heavy atom. The van der Waals surface area contributed by atoms with Crippen molar-refractivity contribution in [2.24, 2.45) is 0 Å². The quantitative estimate of drug-likeness (QED) is 0.669. The zero-order valence-electron chi connectivity index (χ0n) is 10.6. The van der Waals surface area contributed by atoms with Crippen LogP contribution in [0.4, 0.5) is 0 Å². The minimum Gasteiger partial charge on any atom is -0.466 e. The number of hydrogen-bond donors (Lipinski definition) is 2. The minimum absolute atomic E-state index is 0.00862. The van der Waals surface area contributed by atoms with E-state index in [0.717, 1.165) is 19.4 Å². The van der Waals surface area contributed by atoms with E-state index in [1.807, 2.05) is 6.92 Å². The Labute approximate surface area is 102 Å². The molecule has 0 aromatic carbocycles. The van der Waals surface area contributed by atoms with Crippen molar-refractivity contribution in [3.8, 4) is 0 Å². The molecule has 1 fully saturated rings. The molecule has 0 spiro atoms. The second kappa shape index (κ2) is 7.27. The molecule has 17 heavy (non-hydrogen) atoms. The van der Waals surface area contributed by atoms with Crippen molar-refractivity contribution in [3.05, 3.63) is 0 Å². The first-order valence-electron chi connectivity index (χ1n) is 6.33. The Bertz CT molecular complexity index is 262. The highest BCUT2D eigenvalue weighted by atomic mass is 16.5. The summed E-state index contributed by atoms with van der Waals surface area (Å²) in [6.45, 7) is 5.02. The van der Waals surface area contributed by atoms with Gasteiger partial charge >= 0.3 is 5.97 Å². The van der Waals surface area contributed by atoms with Crippen LogP contribution in [0.15, 0.2) is 0 Å². The lowest BCUT2D eigenvalue weighted by Gasteiger charge is -2.16. The molecule has 5 nitrogen and oxygen atoms in total. The summed E-state index contributed by atoms with van der Waals surface area (Å²) in [5.74, 6) is -0.161. The minimum atomic E-state index is -0.201. The van der Waals surface area contributed by atoms with Gasteiger partial charge in [0.05, 0.1) is 12.6 Å². The highest BCUT2D eigenvalue weighted by molar-refractivity contribution is 5.82. The number of esters is 1. The van der Waals surface area contributed by atoms with Crippen LogP contribution in [0.1, 0.15) is 39.5 Å². The van der Waals surface area contributed by atoms with Gasteiger partial charge in [0.15, 0.2) is 0 Å². The van der Waals surface area contributed by atoms with Gasteiger partial charge in [-0.25, -0.2) is 0 Å². The lowest BCUT2D eigenvalue weighted by molar-refractivity contribution is -0.143. The fourth-order valence-electron chi connectivity index (χ4n) is 1.89. The summed E-state index contributed by atoms with van der Waals surface area (Å²) in [5.41, 5.74) is 0. The van der Waals surface area contributed by atoms with E-state index in [9.17, 15) is 9.59 Å². The van der Waals surface area contributed by atoms with Gasteiger partial charge < -0.3 is 15.4 Å². The maximum atomic E-state index is 11.7. The molecule has 1 aliphatic heterocycles. The number of nitrogens with one attached hydrogen (secondary N) is 2. The molecule has 0 aromatic rings. The van der Waals surface area contributed by atoms with Gasteiger partial charge in [0.25, 0.3) is 0 Å². The normalized spacial score (nSPS) is 20.9. The highest BCUT2D eigenvalue weighted by Crippen LogP contribution is 2.06. The Morgan fingerprint density at radius 1 is 1.53 bits per heavy atom. The number of rotatable bonds is 6. The van der Waals surface area contributed by atoms with Gasteiger partial charge in [-0.2, -0.15) is 0 Å². The zero-order valence-corrected chi connectivity index (χ0v) is 10.6. The lowest BCUT2D eigenvalue weighted by Crippen LogP contribution is -2.44. The van der Waals surface area contributed by atoms with E-state index in [1.54, 1.807) is 6.92 Å². The van der Waals surface area contributed by atoms with Crippen LogP contribution >= 0.6 is 0 Å². The van der Waals surface area contributed by atoms with Crippen molar-refractivity contribution in [3.63, 3.8) is 0 Å². The van der Waals surface area contributed by atoms with Crippen molar-refractivity contribution >= 4 is 11.9 Å². The molecular formula is C12H22N2O3. The smallest absolute Gasteiger partial charge is 0.305 e. The maximum absolute atomic E-state index is 11.7. The van der Waals surface area contributed by atoms with Gasteiger partial charge in [0, 0.05) is 12.5 Å². The van der Waals surface area contributed by atoms with Gasteiger partial charge in [-0.1, -0.05) is 0 Å². The molecule has 1 rings (SSSR count). The molecule has 1 aliphatic rings. The molecule has 1 amide bonds. The summed E-state index contributed by atoms with van der Waals surface area (Å²) in [4.78, 5) is 22.9. The van der Waals surface area contributed by atoms with Crippen LogP contribution in [0.2, 0.25) is 0 Å². The molecular weight excluding hydrogens is 220 g/mol. The second-order valence-corrected chi connectivity index (χ2v) is 4.40. The fourth-order valence-corrected chi connectivity index (χ4v) is 1.89. The predicted octanol–water partition coefficient (Wildman–Crippen LogP) is 0.586. The zero-order chi connectivity index (χ0) is 12.7. The van der Waals surface area contributed by atoms with Crippen LogP contribution in [0.5, 0.6) is 0 Å². The Balaban J connectivity index is 2.17. The van der Waals surface area contributed by atoms with E-state index < -0.39 is 0 Å². The molecule has 0 bridgehead atoms. The van der Waals surface area contributed by atoms with Crippen molar-refractivity contribution in [1.29, 1.82) is 0 Å². The molecule has 2 atom stereocenters. The number of hydrogen-bond acceptors (Lipinski definition) is 4. The summed E-state index contributed by atoms with van der Waals surface area (Å²) in [5, 5.41) is 6.05. The standard InChI is InChI=1S/C12H22N2O3/c1-3-17-11(15)7-6-9(2)14-12(16)10-5-4-8-13-10/h9-10,13H,3-8H2,1-2H3,(H,14,16). The molecule has 1 heterocycles. The summed E-state index contributed by atoms with van der Waals surface area (Å²) in [7, 11) is 0. The van der Waals surface area contributed by atoms with Gasteiger partial charge in [0.1, 0.15) is 0 Å². The largest absolute Gasteiger partial charge is 0.466 e. The molecule has 0 aliphatic carbocycles. The first kappa shape index (κ1) is 14.0. The van der Waals surface area contributed by atoms with Crippen LogP contribution in [0, 0.1) is 0 Å². The SMILES string of the molecule is CCOC(=O)CCC(C)NC(=O)C1CCCN1. The van der Waals surface area contributed by atoms with Crippen LogP contribution in [0.25, 0.3) is 0 Å². The molecule has 5 heteroatoms. The van der Waals surface area contributed by atoms with Crippen molar-refractivity contribution < 1.29 is 14.3 Å². The Hall–Kier alpha value is -1.10. The Morgan fingerprint density at radius 2 is 2.29 bits per heavy atom. The third kappa shape index (κ3) is 5.17. The second-order valence-electron chi connectivity index (χ2n) is 4.40. The van der Waals surface area contributed by atoms with Crippen molar-refractivity contribution in [2.75, 3.05) is 13.2 Å². The molecule has 1 saturated heterocycles. The van der Waals surface area contributed by atoms with Gasteiger partial charge in [-0.15, -0.1) is 0 Å². The first-order valence-corrected chi connectivity index (χ1v) is 6.33. The molecule has 0 saturated carbocycles. The van der Waals surface area contributed by atoms with Crippen molar-refractivity contribution in [1.82, 2.24) is 10.6 Å². The maximum Gasteiger partial charge on any atom is 0.305 e. The summed E-state index contributed by atoms with van der Waals surface area (Å²) < 4.78 is 4.83. The monoisotopic (exact) mass is 242 g/mol. The summed E-state index contributed by atoms with van der Waals surface area (Å²) >= 11 is 0. The number of ether oxygens (including phenoxy) is 1. The summed E-state index contributed by atoms with van der Waals surface area (Å²) in [6.07, 6.45) is 2.93. The van der Waals surface area contributed by atoms with Crippen LogP contribution in [0.3, 0.4) is 0 Å². The number of amides is 1. The van der Waals surface area contributed by atoms with Crippen LogP contribution in [-0.4, -0.2) is 37.1 Å². The van der Waals surface area contributed by atoms with E-state index >= 15 is 0 Å². The first-order chi connectivity index (χ1) is 8.13. The molecule has 2 unspecified atom stereocenters. The average molecular weight is 242 g/mol. The van der Waals surface area contributed by atoms with Crippen molar-refractivity contribution in [2.45, 2.75) is 51.6 Å². The van der Waals surface area contributed by atoms with E-state index in [4.69, 9.17) is 4.74 Å². The predicted molar refractivity (Wildman–Crippen MR) is 64.5 cm³/mol. The number of carbonyl (C=O) groups is 2. The van der Waals surface area contributed by atoms with Crippen LogP contribution in [-0.2, 0) is 14.3 Å². The van der Waals surface area contributed by atoms with E-state index in [-0.39, 0.29) is 24.0 Å². The van der Waals surface area contributed by atoms with E-state index in [0.29, 0.717) is 19.4 Å². The van der Waals surface area contributed by atoms with Crippen LogP contribution < -0.4 is 10.6 Å². The third-order valence-electron chi connectivity index (χ3n) is 2.85. The summed E-state index contributed by atoms with van der Waals surface area (Å²) in [6, 6.07) is -0.0469. The van der Waals surface area contributed by atoms with Gasteiger partial charge in [-0.05, 0) is 39.7 Å². The Kier molecular flexibility index (Phi) is 5.97.